The minimum atomic E-state index is -3.40. The molecule has 0 amide bonds. The van der Waals surface area contributed by atoms with E-state index in [0.29, 0.717) is 12.8 Å². The molecule has 108 valence electrons. The summed E-state index contributed by atoms with van der Waals surface area (Å²) in [6.07, 6.45) is 1.37. The van der Waals surface area contributed by atoms with Crippen molar-refractivity contribution in [3.8, 4) is 0 Å². The first-order chi connectivity index (χ1) is 9.46. The van der Waals surface area contributed by atoms with Gasteiger partial charge in [0.2, 0.25) is 0 Å². The van der Waals surface area contributed by atoms with Gasteiger partial charge in [-0.1, -0.05) is 36.4 Å². The second kappa shape index (κ2) is 6.35. The SMILES string of the molecule is CS(=O)(=O)OCCCC(O)c1ccc2ccccc2c1. The van der Waals surface area contributed by atoms with Gasteiger partial charge in [0.1, 0.15) is 0 Å². The number of benzene rings is 2. The highest BCUT2D eigenvalue weighted by molar-refractivity contribution is 7.85. The number of hydrogen-bond acceptors (Lipinski definition) is 4. The van der Waals surface area contributed by atoms with Gasteiger partial charge >= 0.3 is 0 Å². The highest BCUT2D eigenvalue weighted by atomic mass is 32.2. The van der Waals surface area contributed by atoms with Crippen molar-refractivity contribution < 1.29 is 17.7 Å². The highest BCUT2D eigenvalue weighted by Gasteiger charge is 2.09. The molecule has 0 aliphatic rings. The van der Waals surface area contributed by atoms with Crippen LogP contribution in [0.3, 0.4) is 0 Å². The van der Waals surface area contributed by atoms with Crippen LogP contribution < -0.4 is 0 Å². The third kappa shape index (κ3) is 4.30. The maximum absolute atomic E-state index is 10.8. The van der Waals surface area contributed by atoms with Crippen molar-refractivity contribution in [1.29, 1.82) is 0 Å². The second-order valence-electron chi connectivity index (χ2n) is 4.79. The fraction of sp³-hybridized carbons (Fsp3) is 0.333. The topological polar surface area (TPSA) is 63.6 Å². The molecule has 0 heterocycles. The van der Waals surface area contributed by atoms with Crippen LogP contribution >= 0.6 is 0 Å². The van der Waals surface area contributed by atoms with E-state index >= 15 is 0 Å². The molecule has 20 heavy (non-hydrogen) atoms. The smallest absolute Gasteiger partial charge is 0.264 e. The molecular formula is C15H18O4S. The van der Waals surface area contributed by atoms with Crippen molar-refractivity contribution in [3.05, 3.63) is 48.0 Å². The molecule has 0 saturated carbocycles. The largest absolute Gasteiger partial charge is 0.388 e. The van der Waals surface area contributed by atoms with Gasteiger partial charge in [0.15, 0.2) is 0 Å². The van der Waals surface area contributed by atoms with E-state index in [9.17, 15) is 13.5 Å². The van der Waals surface area contributed by atoms with Crippen LogP contribution in [-0.4, -0.2) is 26.4 Å². The Bertz CT molecular complexity index is 679. The maximum atomic E-state index is 10.8. The van der Waals surface area contributed by atoms with Crippen molar-refractivity contribution in [1.82, 2.24) is 0 Å². The fourth-order valence-electron chi connectivity index (χ4n) is 2.07. The van der Waals surface area contributed by atoms with Crippen molar-refractivity contribution in [2.75, 3.05) is 12.9 Å². The second-order valence-corrected chi connectivity index (χ2v) is 6.43. The monoisotopic (exact) mass is 294 g/mol. The summed E-state index contributed by atoms with van der Waals surface area (Å²) in [5.74, 6) is 0. The first-order valence-corrected chi connectivity index (χ1v) is 8.28. The average molecular weight is 294 g/mol. The van der Waals surface area contributed by atoms with Gasteiger partial charge in [-0.2, -0.15) is 8.42 Å². The van der Waals surface area contributed by atoms with E-state index in [1.807, 2.05) is 42.5 Å². The summed E-state index contributed by atoms with van der Waals surface area (Å²) in [6, 6.07) is 13.8. The van der Waals surface area contributed by atoms with Crippen LogP contribution in [0.25, 0.3) is 10.8 Å². The minimum absolute atomic E-state index is 0.101. The molecule has 1 atom stereocenters. The summed E-state index contributed by atoms with van der Waals surface area (Å²) in [6.45, 7) is 0.101. The van der Waals surface area contributed by atoms with Gasteiger partial charge in [0, 0.05) is 0 Å². The van der Waals surface area contributed by atoms with Gasteiger partial charge in [-0.3, -0.25) is 4.18 Å². The van der Waals surface area contributed by atoms with Crippen LogP contribution in [0.15, 0.2) is 42.5 Å². The zero-order valence-corrected chi connectivity index (χ0v) is 12.1. The molecular weight excluding hydrogens is 276 g/mol. The Labute approximate surface area is 119 Å². The van der Waals surface area contributed by atoms with E-state index in [0.717, 1.165) is 22.6 Å². The number of rotatable bonds is 6. The molecule has 5 heteroatoms. The Hall–Kier alpha value is -1.43. The zero-order chi connectivity index (χ0) is 14.6. The molecule has 0 aliphatic carbocycles. The summed E-state index contributed by atoms with van der Waals surface area (Å²) in [4.78, 5) is 0. The van der Waals surface area contributed by atoms with Gasteiger partial charge in [0.05, 0.1) is 19.0 Å². The molecule has 0 spiro atoms. The maximum Gasteiger partial charge on any atom is 0.264 e. The molecule has 0 aliphatic heterocycles. The van der Waals surface area contributed by atoms with Crippen molar-refractivity contribution in [3.63, 3.8) is 0 Å². The van der Waals surface area contributed by atoms with Crippen LogP contribution in [0.4, 0.5) is 0 Å². The van der Waals surface area contributed by atoms with Gasteiger partial charge in [-0.05, 0) is 35.2 Å². The summed E-state index contributed by atoms with van der Waals surface area (Å²) < 4.78 is 26.3. The first kappa shape index (κ1) is 15.0. The van der Waals surface area contributed by atoms with Crippen LogP contribution in [0.1, 0.15) is 24.5 Å². The molecule has 1 unspecified atom stereocenters. The van der Waals surface area contributed by atoms with E-state index in [1.165, 1.54) is 0 Å². The lowest BCUT2D eigenvalue weighted by Gasteiger charge is -2.11. The number of aliphatic hydroxyl groups excluding tert-OH is 1. The van der Waals surface area contributed by atoms with Gasteiger partial charge < -0.3 is 5.11 Å². The van der Waals surface area contributed by atoms with E-state index in [4.69, 9.17) is 0 Å². The predicted molar refractivity (Wildman–Crippen MR) is 78.9 cm³/mol. The van der Waals surface area contributed by atoms with Crippen molar-refractivity contribution >= 4 is 20.9 Å². The normalized spacial score (nSPS) is 13.5. The van der Waals surface area contributed by atoms with Crippen LogP contribution in [0, 0.1) is 0 Å². The molecule has 0 bridgehead atoms. The summed E-state index contributed by atoms with van der Waals surface area (Å²) >= 11 is 0. The first-order valence-electron chi connectivity index (χ1n) is 6.47. The third-order valence-electron chi connectivity index (χ3n) is 3.08. The Morgan fingerprint density at radius 2 is 1.85 bits per heavy atom. The number of aliphatic hydroxyl groups is 1. The highest BCUT2D eigenvalue weighted by Crippen LogP contribution is 2.23. The predicted octanol–water partition coefficient (Wildman–Crippen LogP) is 2.63. The van der Waals surface area contributed by atoms with Crippen LogP contribution in [0.2, 0.25) is 0 Å². The van der Waals surface area contributed by atoms with E-state index in [-0.39, 0.29) is 6.61 Å². The van der Waals surface area contributed by atoms with Crippen LogP contribution in [-0.2, 0) is 14.3 Å². The van der Waals surface area contributed by atoms with Crippen molar-refractivity contribution in [2.45, 2.75) is 18.9 Å². The Morgan fingerprint density at radius 1 is 1.15 bits per heavy atom. The zero-order valence-electron chi connectivity index (χ0n) is 11.3. The minimum Gasteiger partial charge on any atom is -0.388 e. The van der Waals surface area contributed by atoms with Crippen LogP contribution in [0.5, 0.6) is 0 Å². The van der Waals surface area contributed by atoms with Gasteiger partial charge in [0.25, 0.3) is 10.1 Å². The lowest BCUT2D eigenvalue weighted by Crippen LogP contribution is -2.06. The average Bonchev–Trinajstić information content (AvgIpc) is 2.42. The fourth-order valence-corrected chi connectivity index (χ4v) is 2.49. The third-order valence-corrected chi connectivity index (χ3v) is 3.67. The van der Waals surface area contributed by atoms with Gasteiger partial charge in [-0.25, -0.2) is 0 Å². The summed E-state index contributed by atoms with van der Waals surface area (Å²) in [5.41, 5.74) is 0.836. The molecule has 4 nitrogen and oxygen atoms in total. The Kier molecular flexibility index (Phi) is 4.75. The lowest BCUT2D eigenvalue weighted by atomic mass is 10.0. The standard InChI is InChI=1S/C15H18O4S/c1-20(17,18)19-10-4-7-15(16)14-9-8-12-5-2-3-6-13(12)11-14/h2-3,5-6,8-9,11,15-16H,4,7,10H2,1H3. The molecule has 0 aromatic heterocycles. The number of fused-ring (bicyclic) bond motifs is 1. The van der Waals surface area contributed by atoms with E-state index in [1.54, 1.807) is 0 Å². The lowest BCUT2D eigenvalue weighted by molar-refractivity contribution is 0.155. The Balaban J connectivity index is 1.95. The van der Waals surface area contributed by atoms with Crippen molar-refractivity contribution in [2.24, 2.45) is 0 Å². The summed E-state index contributed by atoms with van der Waals surface area (Å²) in [5, 5.41) is 12.3. The van der Waals surface area contributed by atoms with E-state index in [2.05, 4.69) is 4.18 Å². The molecule has 2 rings (SSSR count). The molecule has 0 radical (unpaired) electrons. The van der Waals surface area contributed by atoms with Gasteiger partial charge in [-0.15, -0.1) is 0 Å². The molecule has 1 N–H and O–H groups in total. The molecule has 0 saturated heterocycles. The number of hydrogen-bond donors (Lipinski definition) is 1. The molecule has 2 aromatic carbocycles. The quantitative estimate of drug-likeness (QED) is 0.657. The molecule has 2 aromatic rings. The van der Waals surface area contributed by atoms with E-state index < -0.39 is 16.2 Å². The summed E-state index contributed by atoms with van der Waals surface area (Å²) in [7, 11) is -3.40. The molecule has 0 fully saturated rings. The Morgan fingerprint density at radius 3 is 2.55 bits per heavy atom.